The zero-order chi connectivity index (χ0) is 36.7. The molecule has 270 valence electrons. The van der Waals surface area contributed by atoms with Crippen LogP contribution in [0.3, 0.4) is 0 Å². The number of amides is 1. The van der Waals surface area contributed by atoms with E-state index in [0.29, 0.717) is 67.2 Å². The van der Waals surface area contributed by atoms with Gasteiger partial charge in [-0.1, -0.05) is 18.2 Å². The van der Waals surface area contributed by atoms with Gasteiger partial charge in [-0.2, -0.15) is 0 Å². The van der Waals surface area contributed by atoms with E-state index in [-0.39, 0.29) is 41.2 Å². The highest BCUT2D eigenvalue weighted by atomic mass is 16.5. The van der Waals surface area contributed by atoms with E-state index in [4.69, 9.17) is 18.9 Å². The van der Waals surface area contributed by atoms with Gasteiger partial charge in [0.1, 0.15) is 28.7 Å². The number of methoxy groups -OCH3 is 3. The van der Waals surface area contributed by atoms with Crippen LogP contribution in [0, 0.1) is 6.92 Å². The highest BCUT2D eigenvalue weighted by molar-refractivity contribution is 5.98. The first-order chi connectivity index (χ1) is 24.5. The van der Waals surface area contributed by atoms with Gasteiger partial charge in [-0.3, -0.25) is 9.59 Å². The van der Waals surface area contributed by atoms with Gasteiger partial charge in [0.25, 0.3) is 0 Å². The summed E-state index contributed by atoms with van der Waals surface area (Å²) in [6, 6.07) is 10.5. The number of aromatic amines is 1. The van der Waals surface area contributed by atoms with Gasteiger partial charge in [0.2, 0.25) is 11.7 Å². The Morgan fingerprint density at radius 2 is 1.76 bits per heavy atom. The molecule has 0 bridgehead atoms. The normalized spacial score (nSPS) is 16.8. The van der Waals surface area contributed by atoms with Gasteiger partial charge < -0.3 is 39.5 Å². The number of esters is 1. The minimum Gasteiger partial charge on any atom is -0.507 e. The van der Waals surface area contributed by atoms with Gasteiger partial charge in [-0.25, -0.2) is 9.78 Å². The number of Topliss-reactive ketones (excluding diaryl/α,β-unsaturated/α-hetero) is 1. The molecule has 12 nitrogen and oxygen atoms in total. The number of phenols is 2. The lowest BCUT2D eigenvalue weighted by atomic mass is 9.84. The molecule has 1 aromatic heterocycles. The van der Waals surface area contributed by atoms with Crippen molar-refractivity contribution in [1.29, 1.82) is 0 Å². The van der Waals surface area contributed by atoms with Crippen molar-refractivity contribution in [2.45, 2.75) is 77.4 Å². The summed E-state index contributed by atoms with van der Waals surface area (Å²) in [5.41, 5.74) is 3.16. The summed E-state index contributed by atoms with van der Waals surface area (Å²) in [5.74, 6) is -1.46. The maximum absolute atomic E-state index is 13.7. The van der Waals surface area contributed by atoms with E-state index < -0.39 is 29.6 Å². The molecule has 3 aromatic carbocycles. The first-order valence-electron chi connectivity index (χ1n) is 17.0. The molecule has 12 heteroatoms. The summed E-state index contributed by atoms with van der Waals surface area (Å²) >= 11 is 0. The van der Waals surface area contributed by atoms with Crippen LogP contribution in [0.15, 0.2) is 42.5 Å². The van der Waals surface area contributed by atoms with Crippen LogP contribution in [-0.4, -0.2) is 65.3 Å². The smallest absolute Gasteiger partial charge is 0.342 e. The second-order valence-electron chi connectivity index (χ2n) is 12.8. The molecule has 51 heavy (non-hydrogen) atoms. The van der Waals surface area contributed by atoms with Gasteiger partial charge in [0.05, 0.1) is 45.0 Å². The predicted molar refractivity (Wildman–Crippen MR) is 192 cm³/mol. The molecule has 1 amide bonds. The first-order valence-corrected chi connectivity index (χ1v) is 17.0. The third-order valence-electron chi connectivity index (χ3n) is 9.02. The zero-order valence-corrected chi connectivity index (χ0v) is 29.6. The SMILES string of the molecule is COc1cc(C(CC(=O)NCc2nc3ccc(C)cc3[nH]2)c2c(O)cc3c(c2O)C(=O)O[C@@H](C)CCCC(=O)CCC/C=C/3)cc(OC)c1OC. The number of rotatable bonds is 9. The number of nitrogens with zero attached hydrogens (tertiary/aromatic N) is 1. The number of carbonyl (C=O) groups excluding carboxylic acids is 3. The minimum atomic E-state index is -1.00. The number of cyclic esters (lactones) is 1. The zero-order valence-electron chi connectivity index (χ0n) is 29.6. The number of imidazole rings is 1. The van der Waals surface area contributed by atoms with E-state index in [2.05, 4.69) is 15.3 Å². The number of H-pyrrole nitrogens is 1. The van der Waals surface area contributed by atoms with E-state index in [9.17, 15) is 24.6 Å². The topological polar surface area (TPSA) is 169 Å². The quantitative estimate of drug-likeness (QED) is 0.139. The standard InChI is InChI=1S/C39H45N3O9/c1-22-14-15-28-29(16-22)42-33(41-28)21-40-34(45)20-27(25-18-31(48-3)38(50-5)32(19-25)49-4)36-30(44)17-24-11-7-6-8-12-26(43)13-9-10-23(2)51-39(47)35(24)37(36)46/h7,11,14-19,23,27,44,46H,6,8-10,12-13,20-21H2,1-5H3,(H,40,45)(H,41,42)/b11-7+/t23-,27?/m0/s1. The Kier molecular flexibility index (Phi) is 11.9. The summed E-state index contributed by atoms with van der Waals surface area (Å²) in [6.07, 6.45) is 5.67. The lowest BCUT2D eigenvalue weighted by Crippen LogP contribution is -2.26. The second-order valence-corrected chi connectivity index (χ2v) is 12.8. The molecule has 0 radical (unpaired) electrons. The monoisotopic (exact) mass is 699 g/mol. The maximum Gasteiger partial charge on any atom is 0.342 e. The Hall–Kier alpha value is -5.52. The third kappa shape index (κ3) is 8.62. The third-order valence-corrected chi connectivity index (χ3v) is 9.02. The number of phenolic OH excluding ortho intramolecular Hbond substituents is 2. The fourth-order valence-electron chi connectivity index (χ4n) is 6.41. The maximum atomic E-state index is 13.7. The van der Waals surface area contributed by atoms with Crippen LogP contribution in [0.25, 0.3) is 17.1 Å². The molecule has 2 heterocycles. The molecule has 0 spiro atoms. The number of carbonyl (C=O) groups is 3. The van der Waals surface area contributed by atoms with Crippen LogP contribution >= 0.6 is 0 Å². The number of hydrogen-bond acceptors (Lipinski definition) is 10. The lowest BCUT2D eigenvalue weighted by molar-refractivity contribution is -0.121. The van der Waals surface area contributed by atoms with Crippen molar-refractivity contribution in [2.75, 3.05) is 21.3 Å². The Bertz CT molecular complexity index is 1920. The molecule has 0 saturated carbocycles. The molecule has 0 aliphatic carbocycles. The van der Waals surface area contributed by atoms with Crippen LogP contribution < -0.4 is 19.5 Å². The molecule has 1 aliphatic rings. The Balaban J connectivity index is 1.58. The van der Waals surface area contributed by atoms with Crippen LogP contribution in [0.1, 0.15) is 96.2 Å². The van der Waals surface area contributed by atoms with Crippen LogP contribution in [0.5, 0.6) is 28.7 Å². The number of aryl methyl sites for hydroxylation is 1. The number of allylic oxidation sites excluding steroid dienone is 1. The van der Waals surface area contributed by atoms with Gasteiger partial charge in [0, 0.05) is 30.7 Å². The predicted octanol–water partition coefficient (Wildman–Crippen LogP) is 6.63. The summed E-state index contributed by atoms with van der Waals surface area (Å²) in [7, 11) is 4.38. The van der Waals surface area contributed by atoms with Crippen molar-refractivity contribution in [2.24, 2.45) is 0 Å². The molecule has 5 rings (SSSR count). The van der Waals surface area contributed by atoms with Crippen molar-refractivity contribution < 1.29 is 43.5 Å². The van der Waals surface area contributed by atoms with Crippen LogP contribution in [0.2, 0.25) is 0 Å². The number of ketones is 1. The summed E-state index contributed by atoms with van der Waals surface area (Å²) < 4.78 is 22.4. The lowest BCUT2D eigenvalue weighted by Gasteiger charge is -2.24. The summed E-state index contributed by atoms with van der Waals surface area (Å²) in [4.78, 5) is 47.5. The number of ether oxygens (including phenoxy) is 4. The number of hydrogen-bond donors (Lipinski definition) is 4. The number of fused-ring (bicyclic) bond motifs is 2. The summed E-state index contributed by atoms with van der Waals surface area (Å²) in [5, 5.41) is 26.4. The van der Waals surface area contributed by atoms with E-state index in [1.807, 2.05) is 25.1 Å². The van der Waals surface area contributed by atoms with E-state index in [1.54, 1.807) is 31.2 Å². The number of nitrogens with one attached hydrogen (secondary N) is 2. The fourth-order valence-corrected chi connectivity index (χ4v) is 6.41. The van der Waals surface area contributed by atoms with Crippen molar-refractivity contribution >= 4 is 34.8 Å². The van der Waals surface area contributed by atoms with E-state index in [1.165, 1.54) is 27.4 Å². The van der Waals surface area contributed by atoms with Crippen molar-refractivity contribution in [1.82, 2.24) is 15.3 Å². The molecule has 2 atom stereocenters. The Morgan fingerprint density at radius 3 is 2.47 bits per heavy atom. The molecule has 0 saturated heterocycles. The molecule has 1 aliphatic heterocycles. The van der Waals surface area contributed by atoms with Crippen molar-refractivity contribution in [3.63, 3.8) is 0 Å². The van der Waals surface area contributed by atoms with E-state index >= 15 is 0 Å². The molecule has 1 unspecified atom stereocenters. The number of benzene rings is 3. The molecular weight excluding hydrogens is 654 g/mol. The summed E-state index contributed by atoms with van der Waals surface area (Å²) in [6.45, 7) is 3.80. The molecule has 0 fully saturated rings. The number of aromatic nitrogens is 2. The van der Waals surface area contributed by atoms with Crippen molar-refractivity contribution in [3.8, 4) is 28.7 Å². The fraction of sp³-hybridized carbons (Fsp3) is 0.385. The second kappa shape index (κ2) is 16.5. The van der Waals surface area contributed by atoms with Gasteiger partial charge in [0.15, 0.2) is 11.5 Å². The van der Waals surface area contributed by atoms with E-state index in [0.717, 1.165) is 16.6 Å². The number of aromatic hydroxyl groups is 2. The average Bonchev–Trinajstić information content (AvgIpc) is 3.50. The molecule has 4 aromatic rings. The highest BCUT2D eigenvalue weighted by Gasteiger charge is 2.32. The van der Waals surface area contributed by atoms with Crippen molar-refractivity contribution in [3.05, 3.63) is 76.1 Å². The first kappa shape index (κ1) is 36.8. The van der Waals surface area contributed by atoms with Gasteiger partial charge in [-0.15, -0.1) is 0 Å². The average molecular weight is 700 g/mol. The Morgan fingerprint density at radius 1 is 1.04 bits per heavy atom. The minimum absolute atomic E-state index is 0.0536. The molecule has 4 N–H and O–H groups in total. The van der Waals surface area contributed by atoms with Gasteiger partial charge in [-0.05, 0) is 86.6 Å². The largest absolute Gasteiger partial charge is 0.507 e. The molecular formula is C39H45N3O9. The van der Waals surface area contributed by atoms with Crippen LogP contribution in [0.4, 0.5) is 0 Å². The van der Waals surface area contributed by atoms with Crippen LogP contribution in [-0.2, 0) is 20.9 Å². The highest BCUT2D eigenvalue weighted by Crippen LogP contribution is 2.47. The Labute approximate surface area is 296 Å². The van der Waals surface area contributed by atoms with Gasteiger partial charge >= 0.3 is 5.97 Å².